The van der Waals surface area contributed by atoms with Crippen LogP contribution in [0, 0.1) is 6.92 Å². The third-order valence-electron chi connectivity index (χ3n) is 4.85. The van der Waals surface area contributed by atoms with E-state index >= 15 is 0 Å². The van der Waals surface area contributed by atoms with Crippen LogP contribution in [0.5, 0.6) is 0 Å². The van der Waals surface area contributed by atoms with Crippen molar-refractivity contribution in [3.8, 4) is 0 Å². The standard InChI is InChI=1S/C22H28N4O3S2/c1-4-6-11-25-21(28)17(31-22(25)30)13-16-19(23-10-7-12-29-5-2)24-18-9-8-15(3)14-26(18)20(16)27/h8-9,13-14,23H,4-7,10-12H2,1-3H3. The van der Waals surface area contributed by atoms with Crippen LogP contribution >= 0.6 is 24.0 Å². The second kappa shape index (κ2) is 10.9. The number of fused-ring (bicyclic) bond motifs is 1. The lowest BCUT2D eigenvalue weighted by molar-refractivity contribution is -0.122. The van der Waals surface area contributed by atoms with Crippen molar-refractivity contribution in [2.24, 2.45) is 0 Å². The lowest BCUT2D eigenvalue weighted by atomic mass is 10.2. The fourth-order valence-corrected chi connectivity index (χ4v) is 4.48. The van der Waals surface area contributed by atoms with Crippen LogP contribution in [0.2, 0.25) is 0 Å². The maximum absolute atomic E-state index is 13.3. The first kappa shape index (κ1) is 23.4. The number of thiocarbonyl (C=S) groups is 1. The highest BCUT2D eigenvalue weighted by Crippen LogP contribution is 2.33. The van der Waals surface area contributed by atoms with Gasteiger partial charge in [-0.25, -0.2) is 4.98 Å². The van der Waals surface area contributed by atoms with Crippen molar-refractivity contribution >= 4 is 51.7 Å². The molecule has 9 heteroatoms. The minimum atomic E-state index is -0.222. The van der Waals surface area contributed by atoms with E-state index in [0.29, 0.717) is 52.6 Å². The molecule has 1 aliphatic heterocycles. The van der Waals surface area contributed by atoms with E-state index in [2.05, 4.69) is 17.2 Å². The van der Waals surface area contributed by atoms with Crippen molar-refractivity contribution in [3.63, 3.8) is 0 Å². The second-order valence-electron chi connectivity index (χ2n) is 7.28. The van der Waals surface area contributed by atoms with Gasteiger partial charge >= 0.3 is 0 Å². The number of carbonyl (C=O) groups excluding carboxylic acids is 1. The van der Waals surface area contributed by atoms with Gasteiger partial charge in [0.2, 0.25) is 0 Å². The number of rotatable bonds is 10. The lowest BCUT2D eigenvalue weighted by Gasteiger charge is -2.13. The van der Waals surface area contributed by atoms with Gasteiger partial charge in [-0.1, -0.05) is 43.4 Å². The van der Waals surface area contributed by atoms with Gasteiger partial charge in [0.1, 0.15) is 15.8 Å². The predicted molar refractivity (Wildman–Crippen MR) is 131 cm³/mol. The number of anilines is 1. The van der Waals surface area contributed by atoms with Crippen LogP contribution in [0.4, 0.5) is 5.82 Å². The van der Waals surface area contributed by atoms with E-state index in [-0.39, 0.29) is 11.5 Å². The minimum absolute atomic E-state index is 0.153. The smallest absolute Gasteiger partial charge is 0.267 e. The summed E-state index contributed by atoms with van der Waals surface area (Å²) in [6.07, 6.45) is 6.02. The number of nitrogens with zero attached hydrogens (tertiary/aromatic N) is 3. The molecule has 1 saturated heterocycles. The Kier molecular flexibility index (Phi) is 8.22. The largest absolute Gasteiger partial charge is 0.382 e. The number of thioether (sulfide) groups is 1. The number of nitrogens with one attached hydrogen (secondary N) is 1. The number of aryl methyl sites for hydroxylation is 1. The molecule has 1 amide bonds. The van der Waals surface area contributed by atoms with Crippen LogP contribution < -0.4 is 10.9 Å². The number of hydrogen-bond donors (Lipinski definition) is 1. The number of aromatic nitrogens is 2. The van der Waals surface area contributed by atoms with Gasteiger partial charge in [-0.3, -0.25) is 18.9 Å². The third-order valence-corrected chi connectivity index (χ3v) is 6.23. The summed E-state index contributed by atoms with van der Waals surface area (Å²) in [5.41, 5.74) is 1.64. The summed E-state index contributed by atoms with van der Waals surface area (Å²) in [4.78, 5) is 32.9. The Bertz CT molecular complexity index is 1060. The van der Waals surface area contributed by atoms with Gasteiger partial charge in [-0.15, -0.1) is 0 Å². The molecular formula is C22H28N4O3S2. The number of pyridine rings is 1. The van der Waals surface area contributed by atoms with Crippen LogP contribution in [-0.2, 0) is 9.53 Å². The van der Waals surface area contributed by atoms with Crippen LogP contribution in [0.3, 0.4) is 0 Å². The van der Waals surface area contributed by atoms with E-state index in [1.807, 2.05) is 26.0 Å². The molecule has 1 N–H and O–H groups in total. The second-order valence-corrected chi connectivity index (χ2v) is 8.95. The molecule has 0 unspecified atom stereocenters. The molecule has 0 saturated carbocycles. The number of carbonyl (C=O) groups is 1. The number of unbranched alkanes of at least 4 members (excludes halogenated alkanes) is 1. The van der Waals surface area contributed by atoms with Crippen LogP contribution in [-0.4, -0.2) is 50.8 Å². The molecule has 166 valence electrons. The van der Waals surface area contributed by atoms with E-state index in [1.165, 1.54) is 16.2 Å². The van der Waals surface area contributed by atoms with E-state index < -0.39 is 0 Å². The first-order valence-electron chi connectivity index (χ1n) is 10.6. The lowest BCUT2D eigenvalue weighted by Crippen LogP contribution is -2.29. The molecule has 0 radical (unpaired) electrons. The fraction of sp³-hybridized carbons (Fsp3) is 0.455. The summed E-state index contributed by atoms with van der Waals surface area (Å²) in [5, 5.41) is 3.25. The minimum Gasteiger partial charge on any atom is -0.382 e. The van der Waals surface area contributed by atoms with Gasteiger partial charge in [-0.2, -0.15) is 0 Å². The first-order valence-corrected chi connectivity index (χ1v) is 11.8. The molecule has 0 atom stereocenters. The molecule has 31 heavy (non-hydrogen) atoms. The van der Waals surface area contributed by atoms with Crippen molar-refractivity contribution in [3.05, 3.63) is 44.7 Å². The molecule has 0 spiro atoms. The molecule has 1 aliphatic rings. The SMILES string of the molecule is CCCCN1C(=O)C(=Cc2c(NCCCOCC)nc3ccc(C)cn3c2=O)SC1=S. The van der Waals surface area contributed by atoms with E-state index in [4.69, 9.17) is 17.0 Å². The molecule has 3 rings (SSSR count). The Labute approximate surface area is 191 Å². The zero-order valence-corrected chi connectivity index (χ0v) is 19.8. The normalized spacial score (nSPS) is 15.5. The average molecular weight is 461 g/mol. The summed E-state index contributed by atoms with van der Waals surface area (Å²) in [6.45, 7) is 8.43. The van der Waals surface area contributed by atoms with Crippen molar-refractivity contribution < 1.29 is 9.53 Å². The fourth-order valence-electron chi connectivity index (χ4n) is 3.19. The average Bonchev–Trinajstić information content (AvgIpc) is 3.02. The van der Waals surface area contributed by atoms with Gasteiger partial charge < -0.3 is 10.1 Å². The summed E-state index contributed by atoms with van der Waals surface area (Å²) >= 11 is 6.63. The third kappa shape index (κ3) is 5.53. The quantitative estimate of drug-likeness (QED) is 0.328. The molecular weight excluding hydrogens is 432 g/mol. The zero-order valence-electron chi connectivity index (χ0n) is 18.1. The van der Waals surface area contributed by atoms with Crippen molar-refractivity contribution in [1.82, 2.24) is 14.3 Å². The predicted octanol–water partition coefficient (Wildman–Crippen LogP) is 3.84. The maximum Gasteiger partial charge on any atom is 0.267 e. The first-order chi connectivity index (χ1) is 15.0. The van der Waals surface area contributed by atoms with E-state index in [1.54, 1.807) is 17.2 Å². The van der Waals surface area contributed by atoms with E-state index in [9.17, 15) is 9.59 Å². The Morgan fingerprint density at radius 1 is 1.26 bits per heavy atom. The molecule has 0 aromatic carbocycles. The monoisotopic (exact) mass is 460 g/mol. The van der Waals surface area contributed by atoms with Gasteiger partial charge in [0, 0.05) is 32.5 Å². The Morgan fingerprint density at radius 3 is 2.81 bits per heavy atom. The highest BCUT2D eigenvalue weighted by molar-refractivity contribution is 8.26. The van der Waals surface area contributed by atoms with Crippen LogP contribution in [0.1, 0.15) is 44.2 Å². The topological polar surface area (TPSA) is 75.9 Å². The molecule has 0 aliphatic carbocycles. The summed E-state index contributed by atoms with van der Waals surface area (Å²) in [7, 11) is 0. The van der Waals surface area contributed by atoms with Crippen LogP contribution in [0.15, 0.2) is 28.0 Å². The van der Waals surface area contributed by atoms with Gasteiger partial charge in [-0.05, 0) is 44.4 Å². The number of amides is 1. The van der Waals surface area contributed by atoms with Gasteiger partial charge in [0.15, 0.2) is 0 Å². The molecule has 2 aromatic heterocycles. The van der Waals surface area contributed by atoms with Crippen LogP contribution in [0.25, 0.3) is 11.7 Å². The summed E-state index contributed by atoms with van der Waals surface area (Å²) in [6, 6.07) is 3.73. The number of ether oxygens (including phenoxy) is 1. The maximum atomic E-state index is 13.3. The highest BCUT2D eigenvalue weighted by Gasteiger charge is 2.32. The van der Waals surface area contributed by atoms with Crippen molar-refractivity contribution in [1.29, 1.82) is 0 Å². The van der Waals surface area contributed by atoms with Gasteiger partial charge in [0.05, 0.1) is 10.5 Å². The molecule has 0 bridgehead atoms. The Balaban J connectivity index is 1.98. The zero-order chi connectivity index (χ0) is 22.4. The molecule has 3 heterocycles. The molecule has 2 aromatic rings. The highest BCUT2D eigenvalue weighted by atomic mass is 32.2. The van der Waals surface area contributed by atoms with E-state index in [0.717, 1.165) is 24.8 Å². The van der Waals surface area contributed by atoms with Crippen molar-refractivity contribution in [2.45, 2.75) is 40.0 Å². The summed E-state index contributed by atoms with van der Waals surface area (Å²) in [5.74, 6) is 0.309. The summed E-state index contributed by atoms with van der Waals surface area (Å²) < 4.78 is 7.43. The van der Waals surface area contributed by atoms with Gasteiger partial charge in [0.25, 0.3) is 11.5 Å². The molecule has 1 fully saturated rings. The molecule has 7 nitrogen and oxygen atoms in total. The Hall–Kier alpha value is -2.23. The Morgan fingerprint density at radius 2 is 2.06 bits per heavy atom. The van der Waals surface area contributed by atoms with Crippen molar-refractivity contribution in [2.75, 3.05) is 31.6 Å². The number of hydrogen-bond acceptors (Lipinski definition) is 7.